The quantitative estimate of drug-likeness (QED) is 0.221. The molecule has 4 nitrogen and oxygen atoms in total. The fourth-order valence-corrected chi connectivity index (χ4v) is 1.52. The van der Waals surface area contributed by atoms with Crippen LogP contribution < -0.4 is 41.0 Å². The van der Waals surface area contributed by atoms with Crippen molar-refractivity contribution in [1.29, 1.82) is 0 Å². The molecule has 0 amide bonds. The molecule has 0 aliphatic heterocycles. The SMILES string of the molecule is NC(N)=Nc1nc(CS)cs1.[H-].[Na+]. The Balaban J connectivity index is 0. The van der Waals surface area contributed by atoms with Crippen molar-refractivity contribution in [2.45, 2.75) is 5.75 Å². The van der Waals surface area contributed by atoms with E-state index >= 15 is 0 Å². The van der Waals surface area contributed by atoms with Gasteiger partial charge in [-0.1, -0.05) is 0 Å². The molecule has 7 heteroatoms. The van der Waals surface area contributed by atoms with Gasteiger partial charge in [0.1, 0.15) is 0 Å². The number of thiol groups is 1. The summed E-state index contributed by atoms with van der Waals surface area (Å²) in [5.41, 5.74) is 11.2. The summed E-state index contributed by atoms with van der Waals surface area (Å²) in [4.78, 5) is 7.84. The minimum absolute atomic E-state index is 0. The molecule has 0 radical (unpaired) electrons. The van der Waals surface area contributed by atoms with E-state index in [-0.39, 0.29) is 36.9 Å². The third-order valence-corrected chi connectivity index (χ3v) is 2.03. The zero-order valence-corrected chi connectivity index (χ0v) is 10.4. The Morgan fingerprint density at radius 3 is 2.83 bits per heavy atom. The molecule has 0 atom stereocenters. The number of nitrogens with zero attached hydrogens (tertiary/aromatic N) is 2. The summed E-state index contributed by atoms with van der Waals surface area (Å²) >= 11 is 5.44. The Labute approximate surface area is 104 Å². The van der Waals surface area contributed by atoms with E-state index in [4.69, 9.17) is 11.5 Å². The summed E-state index contributed by atoms with van der Waals surface area (Å²) in [5.74, 6) is 0.640. The summed E-state index contributed by atoms with van der Waals surface area (Å²) < 4.78 is 0. The smallest absolute Gasteiger partial charge is 1.00 e. The van der Waals surface area contributed by atoms with Gasteiger partial charge in [-0.3, -0.25) is 0 Å². The molecule has 0 aromatic carbocycles. The Morgan fingerprint density at radius 1 is 1.75 bits per heavy atom. The van der Waals surface area contributed by atoms with E-state index < -0.39 is 0 Å². The summed E-state index contributed by atoms with van der Waals surface area (Å²) in [6.45, 7) is 0. The first kappa shape index (κ1) is 12.2. The number of guanidine groups is 1. The number of nitrogens with two attached hydrogens (primary N) is 2. The van der Waals surface area contributed by atoms with E-state index in [2.05, 4.69) is 22.6 Å². The zero-order chi connectivity index (χ0) is 8.27. The normalized spacial score (nSPS) is 8.75. The Hall–Kier alpha value is 0.250. The largest absolute Gasteiger partial charge is 1.00 e. The van der Waals surface area contributed by atoms with Gasteiger partial charge in [-0.05, 0) is 0 Å². The average Bonchev–Trinajstić information content (AvgIpc) is 2.34. The molecule has 0 aliphatic rings. The first-order valence-electron chi connectivity index (χ1n) is 2.87. The standard InChI is InChI=1S/C5H8N4S2.Na.H/c6-4(7)9-5-8-3(1-10)2-11-5;;/h2,10H,1H2,(H4,6,7,8,9);;/q;+1;-1. The van der Waals surface area contributed by atoms with Crippen LogP contribution in [0.15, 0.2) is 10.4 Å². The van der Waals surface area contributed by atoms with Crippen molar-refractivity contribution in [3.8, 4) is 0 Å². The molecule has 0 bridgehead atoms. The van der Waals surface area contributed by atoms with E-state index in [1.165, 1.54) is 11.3 Å². The van der Waals surface area contributed by atoms with E-state index in [0.29, 0.717) is 10.9 Å². The van der Waals surface area contributed by atoms with Crippen molar-refractivity contribution in [2.24, 2.45) is 16.5 Å². The van der Waals surface area contributed by atoms with E-state index in [0.717, 1.165) is 5.69 Å². The van der Waals surface area contributed by atoms with Crippen LogP contribution in [0.4, 0.5) is 5.13 Å². The first-order valence-corrected chi connectivity index (χ1v) is 4.38. The molecule has 0 fully saturated rings. The minimum Gasteiger partial charge on any atom is -1.00 e. The molecular weight excluding hydrogens is 203 g/mol. The Bertz CT molecular complexity index is 273. The maximum absolute atomic E-state index is 5.15. The number of hydrogen-bond acceptors (Lipinski definition) is 4. The van der Waals surface area contributed by atoms with Crippen molar-refractivity contribution in [3.63, 3.8) is 0 Å². The molecule has 1 aromatic rings. The third-order valence-electron chi connectivity index (χ3n) is 0.926. The van der Waals surface area contributed by atoms with Crippen LogP contribution in [0.25, 0.3) is 0 Å². The van der Waals surface area contributed by atoms with Crippen LogP contribution in [-0.2, 0) is 5.75 Å². The van der Waals surface area contributed by atoms with Gasteiger partial charge in [-0.25, -0.2) is 4.98 Å². The van der Waals surface area contributed by atoms with Crippen LogP contribution in [0.5, 0.6) is 0 Å². The maximum atomic E-state index is 5.15. The minimum atomic E-state index is 0. The van der Waals surface area contributed by atoms with Crippen LogP contribution in [0.2, 0.25) is 0 Å². The topological polar surface area (TPSA) is 77.3 Å². The van der Waals surface area contributed by atoms with Gasteiger partial charge in [0.2, 0.25) is 5.13 Å². The summed E-state index contributed by atoms with van der Waals surface area (Å²) in [7, 11) is 0. The fraction of sp³-hybridized carbons (Fsp3) is 0.200. The van der Waals surface area contributed by atoms with Crippen molar-refractivity contribution >= 4 is 35.1 Å². The first-order chi connectivity index (χ1) is 5.22. The van der Waals surface area contributed by atoms with Crippen molar-refractivity contribution in [1.82, 2.24) is 4.98 Å². The van der Waals surface area contributed by atoms with Crippen LogP contribution >= 0.6 is 24.0 Å². The van der Waals surface area contributed by atoms with Crippen LogP contribution in [0.1, 0.15) is 7.12 Å². The Kier molecular flexibility index (Phi) is 5.94. The second-order valence-electron chi connectivity index (χ2n) is 1.82. The fourth-order valence-electron chi connectivity index (χ4n) is 0.531. The predicted octanol–water partition coefficient (Wildman–Crippen LogP) is -2.41. The average molecular weight is 212 g/mol. The third kappa shape index (κ3) is 3.77. The molecule has 4 N–H and O–H groups in total. The molecule has 0 saturated carbocycles. The van der Waals surface area contributed by atoms with Gasteiger partial charge in [0.05, 0.1) is 5.69 Å². The molecule has 62 valence electrons. The van der Waals surface area contributed by atoms with Crippen molar-refractivity contribution in [3.05, 3.63) is 11.1 Å². The van der Waals surface area contributed by atoms with Crippen molar-refractivity contribution < 1.29 is 31.0 Å². The van der Waals surface area contributed by atoms with Crippen molar-refractivity contribution in [2.75, 3.05) is 0 Å². The molecule has 0 unspecified atom stereocenters. The predicted molar refractivity (Wildman–Crippen MR) is 51.4 cm³/mol. The number of aromatic nitrogens is 1. The van der Waals surface area contributed by atoms with E-state index in [9.17, 15) is 0 Å². The second kappa shape index (κ2) is 5.82. The number of rotatable bonds is 2. The molecule has 12 heavy (non-hydrogen) atoms. The number of hydrogen-bond donors (Lipinski definition) is 3. The van der Waals surface area contributed by atoms with Gasteiger partial charge in [-0.15, -0.1) is 11.3 Å². The van der Waals surface area contributed by atoms with Gasteiger partial charge in [-0.2, -0.15) is 17.6 Å². The van der Waals surface area contributed by atoms with Crippen LogP contribution in [0, 0.1) is 0 Å². The summed E-state index contributed by atoms with van der Waals surface area (Å²) in [5, 5.41) is 2.45. The van der Waals surface area contributed by atoms with Gasteiger partial charge >= 0.3 is 29.6 Å². The molecule has 0 spiro atoms. The maximum Gasteiger partial charge on any atom is 1.00 e. The van der Waals surface area contributed by atoms with Crippen LogP contribution in [-0.4, -0.2) is 10.9 Å². The zero-order valence-electron chi connectivity index (χ0n) is 7.69. The van der Waals surface area contributed by atoms with Crippen LogP contribution in [0.3, 0.4) is 0 Å². The molecule has 1 rings (SSSR count). The van der Waals surface area contributed by atoms with Gasteiger partial charge in [0, 0.05) is 11.1 Å². The Morgan fingerprint density at radius 2 is 2.42 bits per heavy atom. The van der Waals surface area contributed by atoms with Gasteiger partial charge in [0.25, 0.3) is 0 Å². The second-order valence-corrected chi connectivity index (χ2v) is 2.97. The molecular formula is C5H9N4NaS2. The molecule has 0 aliphatic carbocycles. The number of thiazole rings is 1. The summed E-state index contributed by atoms with van der Waals surface area (Å²) in [6, 6.07) is 0. The molecule has 1 heterocycles. The monoisotopic (exact) mass is 212 g/mol. The van der Waals surface area contributed by atoms with E-state index in [1.54, 1.807) is 0 Å². The molecule has 1 aromatic heterocycles. The molecule has 0 saturated heterocycles. The van der Waals surface area contributed by atoms with Gasteiger partial charge in [0.15, 0.2) is 5.96 Å². The van der Waals surface area contributed by atoms with Gasteiger partial charge < -0.3 is 12.9 Å². The summed E-state index contributed by atoms with van der Waals surface area (Å²) in [6.07, 6.45) is 0. The number of aliphatic imine (C=N–C) groups is 1. The van der Waals surface area contributed by atoms with E-state index in [1.807, 2.05) is 5.38 Å².